The van der Waals surface area contributed by atoms with Crippen LogP contribution >= 0.6 is 0 Å². The Morgan fingerprint density at radius 1 is 0.882 bits per heavy atom. The number of carbonyl (C=O) groups is 1. The van der Waals surface area contributed by atoms with Crippen molar-refractivity contribution < 1.29 is 14.6 Å². The molecule has 0 saturated carbocycles. The zero-order valence-electron chi connectivity index (χ0n) is 20.0. The normalized spacial score (nSPS) is 16.2. The Hall–Kier alpha value is -3.29. The van der Waals surface area contributed by atoms with Gasteiger partial charge in [-0.15, -0.1) is 0 Å². The Bertz CT molecular complexity index is 1020. The third-order valence-electron chi connectivity index (χ3n) is 6.05. The van der Waals surface area contributed by atoms with E-state index in [-0.39, 0.29) is 6.09 Å². The number of nitrogens with zero attached hydrogens (tertiary/aromatic N) is 4. The molecule has 7 nitrogen and oxygen atoms in total. The molecular weight excluding hydrogens is 428 g/mol. The molecule has 3 heterocycles. The summed E-state index contributed by atoms with van der Waals surface area (Å²) in [5.74, 6) is 0. The smallest absolute Gasteiger partial charge is 0.410 e. The van der Waals surface area contributed by atoms with E-state index in [1.165, 1.54) is 0 Å². The minimum absolute atomic E-state index is 0.307. The number of piperazine rings is 1. The number of ether oxygens (including phenoxy) is 1. The maximum Gasteiger partial charge on any atom is 0.410 e. The van der Waals surface area contributed by atoms with Gasteiger partial charge in [0.15, 0.2) is 0 Å². The van der Waals surface area contributed by atoms with Crippen molar-refractivity contribution in [3.05, 3.63) is 96.1 Å². The maximum absolute atomic E-state index is 12.6. The van der Waals surface area contributed by atoms with Gasteiger partial charge in [0, 0.05) is 62.1 Å². The van der Waals surface area contributed by atoms with Crippen LogP contribution in [0.15, 0.2) is 79.4 Å². The lowest BCUT2D eigenvalue weighted by Gasteiger charge is -2.46. The molecule has 1 saturated heterocycles. The molecule has 0 aliphatic carbocycles. The Morgan fingerprint density at radius 3 is 1.91 bits per heavy atom. The van der Waals surface area contributed by atoms with Gasteiger partial charge in [-0.2, -0.15) is 0 Å². The number of hydrogen-bond donors (Lipinski definition) is 1. The molecule has 34 heavy (non-hydrogen) atoms. The second-order valence-electron chi connectivity index (χ2n) is 9.57. The molecule has 1 aliphatic heterocycles. The first-order chi connectivity index (χ1) is 16.3. The van der Waals surface area contributed by atoms with Crippen LogP contribution in [0, 0.1) is 0 Å². The van der Waals surface area contributed by atoms with E-state index >= 15 is 0 Å². The van der Waals surface area contributed by atoms with Crippen molar-refractivity contribution in [2.75, 3.05) is 26.2 Å². The van der Waals surface area contributed by atoms with Crippen molar-refractivity contribution in [2.24, 2.45) is 0 Å². The third kappa shape index (κ3) is 5.11. The molecule has 0 radical (unpaired) electrons. The number of aliphatic hydroxyl groups is 1. The van der Waals surface area contributed by atoms with Gasteiger partial charge < -0.3 is 14.7 Å². The molecule has 3 aromatic rings. The summed E-state index contributed by atoms with van der Waals surface area (Å²) in [4.78, 5) is 25.2. The van der Waals surface area contributed by atoms with Gasteiger partial charge in [-0.05, 0) is 38.5 Å². The number of hydrogen-bond acceptors (Lipinski definition) is 6. The molecule has 1 aliphatic rings. The lowest BCUT2D eigenvalue weighted by Crippen LogP contribution is -2.54. The Labute approximate surface area is 201 Å². The minimum atomic E-state index is -1.40. The van der Waals surface area contributed by atoms with Gasteiger partial charge in [0.25, 0.3) is 0 Å². The molecule has 1 N–H and O–H groups in total. The molecular formula is C27H32N4O3. The summed E-state index contributed by atoms with van der Waals surface area (Å²) in [6, 6.07) is 17.0. The number of aromatic nitrogens is 2. The molecule has 178 valence electrons. The van der Waals surface area contributed by atoms with Crippen LogP contribution in [0.25, 0.3) is 0 Å². The molecule has 0 bridgehead atoms. The predicted molar refractivity (Wildman–Crippen MR) is 130 cm³/mol. The van der Waals surface area contributed by atoms with Gasteiger partial charge in [-0.25, -0.2) is 4.79 Å². The number of benzene rings is 1. The minimum Gasteiger partial charge on any atom is -0.444 e. The van der Waals surface area contributed by atoms with Crippen molar-refractivity contribution in [3.63, 3.8) is 0 Å². The third-order valence-corrected chi connectivity index (χ3v) is 6.05. The monoisotopic (exact) mass is 460 g/mol. The molecule has 4 rings (SSSR count). The van der Waals surface area contributed by atoms with Crippen molar-refractivity contribution in [2.45, 2.75) is 38.0 Å². The summed E-state index contributed by atoms with van der Waals surface area (Å²) >= 11 is 0. The topological polar surface area (TPSA) is 78.8 Å². The summed E-state index contributed by atoms with van der Waals surface area (Å²) in [5.41, 5.74) is 0.404. The molecule has 1 aromatic carbocycles. The highest BCUT2D eigenvalue weighted by atomic mass is 16.6. The average Bonchev–Trinajstić information content (AvgIpc) is 2.85. The SMILES string of the molecule is CC(C)(C)OC(=O)N1CCN(C(c2ccccc2)C(O)(c2cccnc2)c2cccnc2)CC1. The molecule has 1 atom stereocenters. The second-order valence-corrected chi connectivity index (χ2v) is 9.57. The van der Waals surface area contributed by atoms with Gasteiger partial charge in [0.2, 0.25) is 0 Å². The summed E-state index contributed by atoms with van der Waals surface area (Å²) in [5, 5.41) is 12.5. The fourth-order valence-corrected chi connectivity index (χ4v) is 4.50. The standard InChI is InChI=1S/C27H32N4O3/c1-26(2,3)34-25(32)31-17-15-30(16-18-31)24(21-9-5-4-6-10-21)27(33,22-11-7-13-28-19-22)23-12-8-14-29-20-23/h4-14,19-20,24,33H,15-18H2,1-3H3. The summed E-state index contributed by atoms with van der Waals surface area (Å²) in [6.45, 7) is 7.80. The Kier molecular flexibility index (Phi) is 6.95. The average molecular weight is 461 g/mol. The summed E-state index contributed by atoms with van der Waals surface area (Å²) in [7, 11) is 0. The van der Waals surface area contributed by atoms with Crippen molar-refractivity contribution in [1.29, 1.82) is 0 Å². The number of rotatable bonds is 5. The highest BCUT2D eigenvalue weighted by molar-refractivity contribution is 5.68. The van der Waals surface area contributed by atoms with E-state index < -0.39 is 17.2 Å². The molecule has 1 amide bonds. The van der Waals surface area contributed by atoms with Crippen molar-refractivity contribution in [1.82, 2.24) is 19.8 Å². The summed E-state index contributed by atoms with van der Waals surface area (Å²) in [6.07, 6.45) is 6.51. The number of carbonyl (C=O) groups excluding carboxylic acids is 1. The van der Waals surface area contributed by atoms with E-state index in [2.05, 4.69) is 14.9 Å². The molecule has 2 aromatic heterocycles. The van der Waals surface area contributed by atoms with Gasteiger partial charge in [-0.3, -0.25) is 14.9 Å². The Morgan fingerprint density at radius 2 is 1.44 bits per heavy atom. The number of pyridine rings is 2. The van der Waals surface area contributed by atoms with Gasteiger partial charge in [-0.1, -0.05) is 42.5 Å². The first kappa shape index (κ1) is 23.9. The molecule has 1 fully saturated rings. The van der Waals surface area contributed by atoms with Crippen LogP contribution in [0.1, 0.15) is 43.5 Å². The van der Waals surface area contributed by atoms with Crippen LogP contribution in [0.4, 0.5) is 4.79 Å². The van der Waals surface area contributed by atoms with E-state index in [1.807, 2.05) is 75.4 Å². The Balaban J connectivity index is 1.71. The lowest BCUT2D eigenvalue weighted by molar-refractivity contribution is -0.0434. The fraction of sp³-hybridized carbons (Fsp3) is 0.370. The van der Waals surface area contributed by atoms with Crippen LogP contribution in [0.3, 0.4) is 0 Å². The summed E-state index contributed by atoms with van der Waals surface area (Å²) < 4.78 is 5.57. The van der Waals surface area contributed by atoms with Gasteiger partial charge in [0.05, 0.1) is 6.04 Å². The van der Waals surface area contributed by atoms with E-state index in [4.69, 9.17) is 4.74 Å². The molecule has 7 heteroatoms. The molecule has 0 spiro atoms. The van der Waals surface area contributed by atoms with E-state index in [9.17, 15) is 9.90 Å². The fourth-order valence-electron chi connectivity index (χ4n) is 4.50. The first-order valence-corrected chi connectivity index (χ1v) is 11.6. The maximum atomic E-state index is 12.6. The second kappa shape index (κ2) is 9.91. The van der Waals surface area contributed by atoms with Gasteiger partial charge >= 0.3 is 6.09 Å². The number of amides is 1. The quantitative estimate of drug-likeness (QED) is 0.620. The van der Waals surface area contributed by atoms with E-state index in [0.29, 0.717) is 37.3 Å². The zero-order valence-corrected chi connectivity index (χ0v) is 20.0. The largest absolute Gasteiger partial charge is 0.444 e. The van der Waals surface area contributed by atoms with E-state index in [1.54, 1.807) is 29.7 Å². The predicted octanol–water partition coefficient (Wildman–Crippen LogP) is 4.01. The lowest BCUT2D eigenvalue weighted by atomic mass is 9.77. The first-order valence-electron chi connectivity index (χ1n) is 11.6. The zero-order chi connectivity index (χ0) is 24.2. The van der Waals surface area contributed by atoms with Crippen LogP contribution in [0.5, 0.6) is 0 Å². The van der Waals surface area contributed by atoms with Crippen LogP contribution in [0.2, 0.25) is 0 Å². The van der Waals surface area contributed by atoms with Crippen LogP contribution < -0.4 is 0 Å². The van der Waals surface area contributed by atoms with Crippen molar-refractivity contribution in [3.8, 4) is 0 Å². The van der Waals surface area contributed by atoms with E-state index in [0.717, 1.165) is 5.56 Å². The molecule has 1 unspecified atom stereocenters. The van der Waals surface area contributed by atoms with Crippen LogP contribution in [-0.2, 0) is 10.3 Å². The highest BCUT2D eigenvalue weighted by Crippen LogP contribution is 2.44. The van der Waals surface area contributed by atoms with Crippen molar-refractivity contribution >= 4 is 6.09 Å². The highest BCUT2D eigenvalue weighted by Gasteiger charge is 2.46. The van der Waals surface area contributed by atoms with Gasteiger partial charge in [0.1, 0.15) is 11.2 Å². The van der Waals surface area contributed by atoms with Crippen LogP contribution in [-0.4, -0.2) is 62.7 Å².